The lowest BCUT2D eigenvalue weighted by Crippen LogP contribution is -2.09. The second-order valence-corrected chi connectivity index (χ2v) is 4.43. The van der Waals surface area contributed by atoms with Crippen LogP contribution in [0.25, 0.3) is 10.1 Å². The van der Waals surface area contributed by atoms with Gasteiger partial charge in [-0.3, -0.25) is 4.79 Å². The molecule has 0 unspecified atom stereocenters. The SMILES string of the molecule is NC(=O)c1ccccc1.c1ccc2sncc2c1. The zero-order chi connectivity index (χ0) is 12.8. The van der Waals surface area contributed by atoms with Crippen molar-refractivity contribution in [3.63, 3.8) is 0 Å². The van der Waals surface area contributed by atoms with E-state index in [2.05, 4.69) is 16.5 Å². The highest BCUT2D eigenvalue weighted by molar-refractivity contribution is 7.13. The molecule has 0 saturated carbocycles. The first kappa shape index (κ1) is 12.3. The molecule has 2 N–H and O–H groups in total. The third kappa shape index (κ3) is 3.15. The van der Waals surface area contributed by atoms with Gasteiger partial charge >= 0.3 is 0 Å². The second kappa shape index (κ2) is 5.93. The Balaban J connectivity index is 0.000000134. The third-order valence-electron chi connectivity index (χ3n) is 2.32. The Labute approximate surface area is 109 Å². The largest absolute Gasteiger partial charge is 0.366 e. The first-order valence-corrected chi connectivity index (χ1v) is 6.19. The third-order valence-corrected chi connectivity index (χ3v) is 3.10. The quantitative estimate of drug-likeness (QED) is 0.727. The molecule has 0 spiro atoms. The van der Waals surface area contributed by atoms with Gasteiger partial charge in [-0.25, -0.2) is 0 Å². The second-order valence-electron chi connectivity index (χ2n) is 3.59. The first-order chi connectivity index (χ1) is 8.77. The molecule has 4 heteroatoms. The zero-order valence-corrected chi connectivity index (χ0v) is 10.4. The number of aromatic nitrogens is 1. The van der Waals surface area contributed by atoms with E-state index in [1.54, 1.807) is 24.3 Å². The zero-order valence-electron chi connectivity index (χ0n) is 9.61. The number of nitrogens with zero attached hydrogens (tertiary/aromatic N) is 1. The fourth-order valence-electron chi connectivity index (χ4n) is 1.41. The number of rotatable bonds is 1. The molecule has 1 amide bonds. The van der Waals surface area contributed by atoms with Crippen molar-refractivity contribution in [1.82, 2.24) is 4.37 Å². The summed E-state index contributed by atoms with van der Waals surface area (Å²) in [6, 6.07) is 17.0. The molecule has 1 heterocycles. The Kier molecular flexibility index (Phi) is 4.04. The minimum atomic E-state index is -0.379. The van der Waals surface area contributed by atoms with E-state index >= 15 is 0 Å². The highest BCUT2D eigenvalue weighted by atomic mass is 32.1. The van der Waals surface area contributed by atoms with E-state index in [4.69, 9.17) is 5.73 Å². The van der Waals surface area contributed by atoms with Crippen molar-refractivity contribution in [2.75, 3.05) is 0 Å². The van der Waals surface area contributed by atoms with Crippen molar-refractivity contribution in [2.24, 2.45) is 5.73 Å². The molecule has 2 aromatic carbocycles. The summed E-state index contributed by atoms with van der Waals surface area (Å²) in [4.78, 5) is 10.4. The molecule has 0 aliphatic heterocycles. The van der Waals surface area contributed by atoms with E-state index in [0.717, 1.165) is 0 Å². The molecule has 0 fully saturated rings. The summed E-state index contributed by atoms with van der Waals surface area (Å²) in [6.07, 6.45) is 1.89. The number of carbonyl (C=O) groups is 1. The summed E-state index contributed by atoms with van der Waals surface area (Å²) in [5, 5.41) is 1.24. The summed E-state index contributed by atoms with van der Waals surface area (Å²) in [5.74, 6) is -0.379. The number of primary amides is 1. The Hall–Kier alpha value is -2.20. The van der Waals surface area contributed by atoms with Crippen LogP contribution in [0.2, 0.25) is 0 Å². The molecule has 0 bridgehead atoms. The molecule has 18 heavy (non-hydrogen) atoms. The molecule has 90 valence electrons. The molecule has 3 nitrogen and oxygen atoms in total. The van der Waals surface area contributed by atoms with Gasteiger partial charge in [-0.2, -0.15) is 4.37 Å². The summed E-state index contributed by atoms with van der Waals surface area (Å²) >= 11 is 1.54. The van der Waals surface area contributed by atoms with Gasteiger partial charge in [-0.05, 0) is 29.7 Å². The molecule has 3 rings (SSSR count). The maximum absolute atomic E-state index is 10.4. The molecule has 0 aliphatic rings. The van der Waals surface area contributed by atoms with Gasteiger partial charge in [0.15, 0.2) is 0 Å². The van der Waals surface area contributed by atoms with Crippen LogP contribution in [0.1, 0.15) is 10.4 Å². The van der Waals surface area contributed by atoms with Crippen LogP contribution in [0.5, 0.6) is 0 Å². The molecule has 0 aliphatic carbocycles. The maximum atomic E-state index is 10.4. The lowest BCUT2D eigenvalue weighted by molar-refractivity contribution is 0.100. The Bertz CT molecular complexity index is 604. The predicted octanol–water partition coefficient (Wildman–Crippen LogP) is 3.08. The fourth-order valence-corrected chi connectivity index (χ4v) is 2.06. The predicted molar refractivity (Wildman–Crippen MR) is 74.6 cm³/mol. The number of hydrogen-bond acceptors (Lipinski definition) is 3. The van der Waals surface area contributed by atoms with Gasteiger partial charge in [0.1, 0.15) is 0 Å². The monoisotopic (exact) mass is 256 g/mol. The molecule has 0 radical (unpaired) electrons. The van der Waals surface area contributed by atoms with Crippen LogP contribution in [0, 0.1) is 0 Å². The van der Waals surface area contributed by atoms with Crippen molar-refractivity contribution in [3.8, 4) is 0 Å². The van der Waals surface area contributed by atoms with Crippen LogP contribution < -0.4 is 5.73 Å². The van der Waals surface area contributed by atoms with E-state index in [-0.39, 0.29) is 5.91 Å². The molecular formula is C14H12N2OS. The van der Waals surface area contributed by atoms with Gasteiger partial charge in [-0.15, -0.1) is 0 Å². The first-order valence-electron chi connectivity index (χ1n) is 5.41. The van der Waals surface area contributed by atoms with E-state index < -0.39 is 0 Å². The number of hydrogen-bond donors (Lipinski definition) is 1. The van der Waals surface area contributed by atoms with E-state index in [0.29, 0.717) is 5.56 Å². The smallest absolute Gasteiger partial charge is 0.248 e. The van der Waals surface area contributed by atoms with Crippen LogP contribution in [0.4, 0.5) is 0 Å². The van der Waals surface area contributed by atoms with Gasteiger partial charge in [0.25, 0.3) is 0 Å². The van der Waals surface area contributed by atoms with Crippen molar-refractivity contribution >= 4 is 27.5 Å². The van der Waals surface area contributed by atoms with Gasteiger partial charge in [0, 0.05) is 17.1 Å². The number of amides is 1. The number of benzene rings is 2. The Morgan fingerprint density at radius 1 is 1.00 bits per heavy atom. The molecule has 1 aromatic heterocycles. The van der Waals surface area contributed by atoms with Gasteiger partial charge in [0.2, 0.25) is 5.91 Å². The highest BCUT2D eigenvalue weighted by Crippen LogP contribution is 2.15. The average molecular weight is 256 g/mol. The summed E-state index contributed by atoms with van der Waals surface area (Å²) in [6.45, 7) is 0. The lowest BCUT2D eigenvalue weighted by Gasteiger charge is -1.89. The number of fused-ring (bicyclic) bond motifs is 1. The van der Waals surface area contributed by atoms with Crippen molar-refractivity contribution in [1.29, 1.82) is 0 Å². The molecular weight excluding hydrogens is 244 g/mol. The van der Waals surface area contributed by atoms with Crippen LogP contribution in [0.3, 0.4) is 0 Å². The summed E-state index contributed by atoms with van der Waals surface area (Å²) in [7, 11) is 0. The number of nitrogens with two attached hydrogens (primary N) is 1. The van der Waals surface area contributed by atoms with Crippen molar-refractivity contribution < 1.29 is 4.79 Å². The summed E-state index contributed by atoms with van der Waals surface area (Å²) < 4.78 is 5.30. The van der Waals surface area contributed by atoms with E-state index in [9.17, 15) is 4.79 Å². The Morgan fingerprint density at radius 2 is 1.67 bits per heavy atom. The average Bonchev–Trinajstić information content (AvgIpc) is 2.89. The normalized spacial score (nSPS) is 9.56. The van der Waals surface area contributed by atoms with Crippen LogP contribution in [0.15, 0.2) is 60.8 Å². The van der Waals surface area contributed by atoms with Crippen molar-refractivity contribution in [2.45, 2.75) is 0 Å². The van der Waals surface area contributed by atoms with E-state index in [1.807, 2.05) is 24.4 Å². The highest BCUT2D eigenvalue weighted by Gasteiger charge is 1.93. The molecule has 0 saturated heterocycles. The van der Waals surface area contributed by atoms with Crippen molar-refractivity contribution in [3.05, 3.63) is 66.4 Å². The maximum Gasteiger partial charge on any atom is 0.248 e. The van der Waals surface area contributed by atoms with Gasteiger partial charge < -0.3 is 5.73 Å². The molecule has 0 atom stereocenters. The fraction of sp³-hybridized carbons (Fsp3) is 0. The standard InChI is InChI=1S/C7H7NO.C7H5NS/c8-7(9)6-4-2-1-3-5-6;1-2-4-7-6(3-1)5-8-9-7/h1-5H,(H2,8,9);1-5H. The molecule has 3 aromatic rings. The minimum Gasteiger partial charge on any atom is -0.366 e. The summed E-state index contributed by atoms with van der Waals surface area (Å²) in [5.41, 5.74) is 5.53. The topological polar surface area (TPSA) is 56.0 Å². The number of carbonyl (C=O) groups excluding carboxylic acids is 1. The van der Waals surface area contributed by atoms with E-state index in [1.165, 1.54) is 21.6 Å². The van der Waals surface area contributed by atoms with Gasteiger partial charge in [-0.1, -0.05) is 36.4 Å². The van der Waals surface area contributed by atoms with Gasteiger partial charge in [0.05, 0.1) is 4.70 Å². The lowest BCUT2D eigenvalue weighted by atomic mass is 10.2. The van der Waals surface area contributed by atoms with Crippen LogP contribution in [-0.4, -0.2) is 10.3 Å². The Morgan fingerprint density at radius 3 is 2.28 bits per heavy atom. The van der Waals surface area contributed by atoms with Crippen LogP contribution in [-0.2, 0) is 0 Å². The van der Waals surface area contributed by atoms with Crippen LogP contribution >= 0.6 is 11.5 Å². The minimum absolute atomic E-state index is 0.379.